The highest BCUT2D eigenvalue weighted by Gasteiger charge is 2.05. The predicted molar refractivity (Wildman–Crippen MR) is 59.1 cm³/mol. The highest BCUT2D eigenvalue weighted by atomic mass is 32.2. The fourth-order valence-corrected chi connectivity index (χ4v) is 2.47. The third-order valence-electron chi connectivity index (χ3n) is 1.93. The molecule has 0 aromatic carbocycles. The summed E-state index contributed by atoms with van der Waals surface area (Å²) >= 11 is 0. The van der Waals surface area contributed by atoms with Crippen molar-refractivity contribution in [2.24, 2.45) is 5.73 Å². The van der Waals surface area contributed by atoms with E-state index in [1.807, 2.05) is 19.1 Å². The molecule has 78 valence electrons. The van der Waals surface area contributed by atoms with Crippen molar-refractivity contribution >= 4 is 10.8 Å². The Bertz CT molecular complexity index is 315. The standard InChI is InChI=1S/C10H16N2OS/c1-2-6-14(13)8-9-4-3-5-12-10(9)7-11/h3-5H,2,6-8,11H2,1H3. The molecule has 1 rings (SSSR count). The molecule has 0 spiro atoms. The molecule has 4 heteroatoms. The SMILES string of the molecule is CCCS(=O)Cc1cccnc1CN. The van der Waals surface area contributed by atoms with Gasteiger partial charge in [0.05, 0.1) is 11.4 Å². The van der Waals surface area contributed by atoms with Gasteiger partial charge in [0.25, 0.3) is 0 Å². The molecule has 1 atom stereocenters. The Hall–Kier alpha value is -0.740. The molecule has 0 radical (unpaired) electrons. The third kappa shape index (κ3) is 3.20. The van der Waals surface area contributed by atoms with E-state index in [4.69, 9.17) is 5.73 Å². The van der Waals surface area contributed by atoms with Crippen LogP contribution >= 0.6 is 0 Å². The molecule has 1 heterocycles. The fourth-order valence-electron chi connectivity index (χ4n) is 1.26. The van der Waals surface area contributed by atoms with Crippen molar-refractivity contribution in [3.8, 4) is 0 Å². The highest BCUT2D eigenvalue weighted by Crippen LogP contribution is 2.08. The Labute approximate surface area is 87.2 Å². The van der Waals surface area contributed by atoms with Crippen LogP contribution in [0, 0.1) is 0 Å². The summed E-state index contributed by atoms with van der Waals surface area (Å²) in [6.45, 7) is 2.45. The number of hydrogen-bond acceptors (Lipinski definition) is 3. The quantitative estimate of drug-likeness (QED) is 0.798. The van der Waals surface area contributed by atoms with Crippen LogP contribution in [0.1, 0.15) is 24.6 Å². The zero-order chi connectivity index (χ0) is 10.4. The zero-order valence-corrected chi connectivity index (χ0v) is 9.22. The fraction of sp³-hybridized carbons (Fsp3) is 0.500. The number of rotatable bonds is 5. The molecule has 0 fully saturated rings. The van der Waals surface area contributed by atoms with E-state index in [1.54, 1.807) is 6.20 Å². The molecular weight excluding hydrogens is 196 g/mol. The number of nitrogens with zero attached hydrogens (tertiary/aromatic N) is 1. The number of aromatic nitrogens is 1. The van der Waals surface area contributed by atoms with Crippen molar-refractivity contribution in [3.63, 3.8) is 0 Å². The van der Waals surface area contributed by atoms with Crippen LogP contribution < -0.4 is 5.73 Å². The van der Waals surface area contributed by atoms with Gasteiger partial charge in [-0.15, -0.1) is 0 Å². The Balaban J connectivity index is 2.70. The Morgan fingerprint density at radius 1 is 1.57 bits per heavy atom. The second kappa shape index (κ2) is 5.88. The molecule has 0 aliphatic carbocycles. The summed E-state index contributed by atoms with van der Waals surface area (Å²) in [7, 11) is -0.778. The molecule has 0 aliphatic rings. The van der Waals surface area contributed by atoms with E-state index in [1.165, 1.54) is 0 Å². The van der Waals surface area contributed by atoms with Crippen LogP contribution in [0.2, 0.25) is 0 Å². The van der Waals surface area contributed by atoms with Gasteiger partial charge in [-0.05, 0) is 18.1 Å². The van der Waals surface area contributed by atoms with Crippen molar-refractivity contribution in [1.82, 2.24) is 4.98 Å². The molecule has 1 aromatic rings. The first-order valence-electron chi connectivity index (χ1n) is 4.75. The van der Waals surface area contributed by atoms with Gasteiger partial charge in [-0.2, -0.15) is 0 Å². The maximum absolute atomic E-state index is 11.5. The molecule has 0 aliphatic heterocycles. The molecule has 0 saturated carbocycles. The van der Waals surface area contributed by atoms with Gasteiger partial charge < -0.3 is 5.73 Å². The minimum absolute atomic E-state index is 0.416. The van der Waals surface area contributed by atoms with Crippen molar-refractivity contribution < 1.29 is 4.21 Å². The molecule has 1 unspecified atom stereocenters. The molecule has 3 nitrogen and oxygen atoms in total. The maximum Gasteiger partial charge on any atom is 0.0580 e. The van der Waals surface area contributed by atoms with Gasteiger partial charge >= 0.3 is 0 Å². The van der Waals surface area contributed by atoms with E-state index >= 15 is 0 Å². The molecule has 0 amide bonds. The first-order chi connectivity index (χ1) is 6.77. The van der Waals surface area contributed by atoms with Gasteiger partial charge in [-0.25, -0.2) is 0 Å². The van der Waals surface area contributed by atoms with Crippen molar-refractivity contribution in [2.45, 2.75) is 25.6 Å². The molecular formula is C10H16N2OS. The second-order valence-electron chi connectivity index (χ2n) is 3.10. The van der Waals surface area contributed by atoms with Gasteiger partial charge in [0.2, 0.25) is 0 Å². The van der Waals surface area contributed by atoms with Crippen molar-refractivity contribution in [3.05, 3.63) is 29.6 Å². The lowest BCUT2D eigenvalue weighted by Crippen LogP contribution is -2.07. The van der Waals surface area contributed by atoms with Crippen LogP contribution in [0.25, 0.3) is 0 Å². The van der Waals surface area contributed by atoms with Gasteiger partial charge in [-0.1, -0.05) is 13.0 Å². The Morgan fingerprint density at radius 3 is 3.00 bits per heavy atom. The monoisotopic (exact) mass is 212 g/mol. The lowest BCUT2D eigenvalue weighted by atomic mass is 10.2. The molecule has 1 aromatic heterocycles. The lowest BCUT2D eigenvalue weighted by molar-refractivity contribution is 0.681. The van der Waals surface area contributed by atoms with Gasteiger partial charge in [0.1, 0.15) is 0 Å². The van der Waals surface area contributed by atoms with Crippen LogP contribution in [-0.2, 0) is 23.1 Å². The highest BCUT2D eigenvalue weighted by molar-refractivity contribution is 7.84. The van der Waals surface area contributed by atoms with E-state index in [9.17, 15) is 4.21 Å². The van der Waals surface area contributed by atoms with Gasteiger partial charge in [-0.3, -0.25) is 9.19 Å². The number of pyridine rings is 1. The largest absolute Gasteiger partial charge is 0.325 e. The number of nitrogens with two attached hydrogens (primary N) is 1. The topological polar surface area (TPSA) is 56.0 Å². The molecule has 0 bridgehead atoms. The maximum atomic E-state index is 11.5. The minimum Gasteiger partial charge on any atom is -0.325 e. The zero-order valence-electron chi connectivity index (χ0n) is 8.40. The van der Waals surface area contributed by atoms with E-state index in [0.717, 1.165) is 23.4 Å². The van der Waals surface area contributed by atoms with Crippen LogP contribution in [0.3, 0.4) is 0 Å². The van der Waals surface area contributed by atoms with E-state index < -0.39 is 10.8 Å². The van der Waals surface area contributed by atoms with Crippen LogP contribution in [0.15, 0.2) is 18.3 Å². The Kier molecular flexibility index (Phi) is 4.76. The predicted octanol–water partition coefficient (Wildman–Crippen LogP) is 1.20. The summed E-state index contributed by atoms with van der Waals surface area (Å²) in [5, 5.41) is 0. The van der Waals surface area contributed by atoms with Crippen LogP contribution in [-0.4, -0.2) is 14.9 Å². The first-order valence-corrected chi connectivity index (χ1v) is 6.24. The second-order valence-corrected chi connectivity index (χ2v) is 4.68. The number of hydrogen-bond donors (Lipinski definition) is 1. The summed E-state index contributed by atoms with van der Waals surface area (Å²) in [6, 6.07) is 3.81. The minimum atomic E-state index is -0.778. The van der Waals surface area contributed by atoms with Gasteiger partial charge in [0.15, 0.2) is 0 Å². The van der Waals surface area contributed by atoms with Gasteiger partial charge in [0, 0.05) is 29.3 Å². The average Bonchev–Trinajstić information content (AvgIpc) is 2.19. The summed E-state index contributed by atoms with van der Waals surface area (Å²) in [6.07, 6.45) is 2.67. The smallest absolute Gasteiger partial charge is 0.0580 e. The van der Waals surface area contributed by atoms with E-state index in [2.05, 4.69) is 4.98 Å². The van der Waals surface area contributed by atoms with Crippen molar-refractivity contribution in [2.75, 3.05) is 5.75 Å². The molecule has 0 saturated heterocycles. The third-order valence-corrected chi connectivity index (χ3v) is 3.42. The van der Waals surface area contributed by atoms with Crippen LogP contribution in [0.5, 0.6) is 0 Å². The van der Waals surface area contributed by atoms with Crippen LogP contribution in [0.4, 0.5) is 0 Å². The molecule has 14 heavy (non-hydrogen) atoms. The summed E-state index contributed by atoms with van der Waals surface area (Å²) in [5.74, 6) is 1.33. The first kappa shape index (κ1) is 11.3. The van der Waals surface area contributed by atoms with Crippen molar-refractivity contribution in [1.29, 1.82) is 0 Å². The summed E-state index contributed by atoms with van der Waals surface area (Å²) in [5.41, 5.74) is 7.41. The lowest BCUT2D eigenvalue weighted by Gasteiger charge is -2.05. The normalized spacial score (nSPS) is 12.7. The van der Waals surface area contributed by atoms with E-state index in [-0.39, 0.29) is 0 Å². The summed E-state index contributed by atoms with van der Waals surface area (Å²) in [4.78, 5) is 4.15. The van der Waals surface area contributed by atoms with E-state index in [0.29, 0.717) is 12.3 Å². The summed E-state index contributed by atoms with van der Waals surface area (Å²) < 4.78 is 11.5. The Morgan fingerprint density at radius 2 is 2.36 bits per heavy atom. The average molecular weight is 212 g/mol. The molecule has 2 N–H and O–H groups in total.